The zero-order valence-corrected chi connectivity index (χ0v) is 16.0. The van der Waals surface area contributed by atoms with Crippen molar-refractivity contribution >= 4 is 29.3 Å². The summed E-state index contributed by atoms with van der Waals surface area (Å²) in [6.45, 7) is 4.55. The van der Waals surface area contributed by atoms with Crippen LogP contribution in [0.4, 0.5) is 0 Å². The van der Waals surface area contributed by atoms with Crippen molar-refractivity contribution < 1.29 is 60.3 Å². The zero-order valence-electron chi connectivity index (χ0n) is 16.0. The highest BCUT2D eigenvalue weighted by molar-refractivity contribution is 6.31. The summed E-state index contributed by atoms with van der Waals surface area (Å²) in [6, 6.07) is 0. The van der Waals surface area contributed by atoms with Gasteiger partial charge in [-0.15, -0.1) is 0 Å². The van der Waals surface area contributed by atoms with E-state index in [9.17, 15) is 0 Å². The molecule has 0 fully saturated rings. The predicted octanol–water partition coefficient (Wildman–Crippen LogP) is -5.96. The monoisotopic (exact) mass is 416 g/mol. The van der Waals surface area contributed by atoms with E-state index in [0.717, 1.165) is 6.67 Å². The van der Waals surface area contributed by atoms with Gasteiger partial charge in [0.2, 0.25) is 0 Å². The molecule has 1 aliphatic heterocycles. The van der Waals surface area contributed by atoms with E-state index in [2.05, 4.69) is 36.2 Å². The molecule has 166 valence electrons. The second-order valence-electron chi connectivity index (χ2n) is 4.96. The van der Waals surface area contributed by atoms with E-state index in [4.69, 9.17) is 60.3 Å². The molecule has 1 rings (SSSR count). The SMILES string of the molecule is CCCCCCN1C=CN(C)C1.OB(O)O.OB(O)O.OB(O)O.OB(O)O. The van der Waals surface area contributed by atoms with Crippen molar-refractivity contribution in [1.29, 1.82) is 0 Å². The van der Waals surface area contributed by atoms with Gasteiger partial charge in [0.15, 0.2) is 0 Å². The van der Waals surface area contributed by atoms with E-state index in [1.807, 2.05) is 0 Å². The van der Waals surface area contributed by atoms with E-state index in [1.54, 1.807) is 0 Å². The van der Waals surface area contributed by atoms with Gasteiger partial charge in [0, 0.05) is 26.0 Å². The van der Waals surface area contributed by atoms with Gasteiger partial charge < -0.3 is 70.1 Å². The van der Waals surface area contributed by atoms with Crippen LogP contribution >= 0.6 is 0 Å². The Bertz CT molecular complexity index is 283. The van der Waals surface area contributed by atoms with Gasteiger partial charge in [-0.25, -0.2) is 0 Å². The molecule has 0 aromatic carbocycles. The molecule has 0 aromatic heterocycles. The molecule has 28 heavy (non-hydrogen) atoms. The lowest BCUT2D eigenvalue weighted by Crippen LogP contribution is -2.23. The lowest BCUT2D eigenvalue weighted by molar-refractivity contribution is 0.276. The maximum atomic E-state index is 7.17. The van der Waals surface area contributed by atoms with Crippen LogP contribution in [0.5, 0.6) is 0 Å². The Morgan fingerprint density at radius 2 is 1.00 bits per heavy atom. The summed E-state index contributed by atoms with van der Waals surface area (Å²) in [7, 11) is -6.55. The Hall–Kier alpha value is -0.880. The molecule has 0 radical (unpaired) electrons. The van der Waals surface area contributed by atoms with Crippen LogP contribution in [0.15, 0.2) is 12.4 Å². The Morgan fingerprint density at radius 1 is 0.643 bits per heavy atom. The molecule has 18 heteroatoms. The quantitative estimate of drug-likeness (QED) is 0.147. The van der Waals surface area contributed by atoms with Crippen LogP contribution in [-0.2, 0) is 0 Å². The number of unbranched alkanes of at least 4 members (excludes halogenated alkanes) is 3. The summed E-state index contributed by atoms with van der Waals surface area (Å²) in [5.74, 6) is 0. The van der Waals surface area contributed by atoms with Gasteiger partial charge >= 0.3 is 29.3 Å². The summed E-state index contributed by atoms with van der Waals surface area (Å²) in [5, 5.41) is 86.0. The summed E-state index contributed by atoms with van der Waals surface area (Å²) in [5.41, 5.74) is 0. The van der Waals surface area contributed by atoms with Crippen molar-refractivity contribution in [1.82, 2.24) is 9.80 Å². The lowest BCUT2D eigenvalue weighted by Gasteiger charge is -2.17. The Labute approximate surface area is 165 Å². The minimum atomic E-state index is -2.17. The number of rotatable bonds is 5. The van der Waals surface area contributed by atoms with E-state index in [0.29, 0.717) is 0 Å². The van der Waals surface area contributed by atoms with Gasteiger partial charge in [0.1, 0.15) is 0 Å². The molecule has 1 heterocycles. The Morgan fingerprint density at radius 3 is 1.25 bits per heavy atom. The minimum absolute atomic E-state index is 1.08. The smallest absolute Gasteiger partial charge is 0.402 e. The number of hydrogen-bond donors (Lipinski definition) is 12. The highest BCUT2D eigenvalue weighted by Crippen LogP contribution is 2.06. The van der Waals surface area contributed by atoms with Crippen LogP contribution in [0, 0.1) is 0 Å². The van der Waals surface area contributed by atoms with Crippen LogP contribution in [0.1, 0.15) is 32.6 Å². The molecular weight excluding hydrogens is 383 g/mol. The molecule has 0 amide bonds. The highest BCUT2D eigenvalue weighted by Gasteiger charge is 2.06. The fourth-order valence-corrected chi connectivity index (χ4v) is 1.48. The largest absolute Gasteiger partial charge is 0.631 e. The average Bonchev–Trinajstić information content (AvgIpc) is 2.87. The standard InChI is InChI=1S/C10H20N2.4BH3O3/c1-3-4-5-6-7-12-9-8-11(2)10-12;4*2-1(3)4/h8-9H,3-7,10H2,1-2H3;4*2-4H. The van der Waals surface area contributed by atoms with Crippen LogP contribution in [-0.4, -0.2) is 120 Å². The van der Waals surface area contributed by atoms with E-state index in [1.165, 1.54) is 32.2 Å². The maximum absolute atomic E-state index is 7.17. The van der Waals surface area contributed by atoms with Crippen LogP contribution in [0.25, 0.3) is 0 Å². The summed E-state index contributed by atoms with van der Waals surface area (Å²) in [4.78, 5) is 4.58. The van der Waals surface area contributed by atoms with Crippen LogP contribution in [0.3, 0.4) is 0 Å². The van der Waals surface area contributed by atoms with E-state index in [-0.39, 0.29) is 0 Å². The Kier molecular flexibility index (Phi) is 32.3. The lowest BCUT2D eigenvalue weighted by atomic mass is 10.2. The van der Waals surface area contributed by atoms with Gasteiger partial charge in [-0.3, -0.25) is 0 Å². The van der Waals surface area contributed by atoms with E-state index < -0.39 is 29.3 Å². The second-order valence-corrected chi connectivity index (χ2v) is 4.96. The molecule has 1 aliphatic rings. The normalized spacial score (nSPS) is 10.8. The summed E-state index contributed by atoms with van der Waals surface area (Å²) in [6.07, 6.45) is 9.76. The van der Waals surface area contributed by atoms with Gasteiger partial charge in [0.05, 0.1) is 6.67 Å². The fourth-order valence-electron chi connectivity index (χ4n) is 1.48. The molecule has 14 nitrogen and oxygen atoms in total. The van der Waals surface area contributed by atoms with Gasteiger partial charge in [-0.2, -0.15) is 0 Å². The predicted molar refractivity (Wildman–Crippen MR) is 102 cm³/mol. The third kappa shape index (κ3) is 73.3. The second kappa shape index (κ2) is 26.1. The zero-order chi connectivity index (χ0) is 23.1. The molecule has 0 spiro atoms. The van der Waals surface area contributed by atoms with Crippen molar-refractivity contribution in [3.63, 3.8) is 0 Å². The first-order chi connectivity index (χ1) is 12.8. The molecular formula is C10H32B4N2O12. The third-order valence-electron chi connectivity index (χ3n) is 2.24. The van der Waals surface area contributed by atoms with Crippen LogP contribution in [0.2, 0.25) is 0 Å². The van der Waals surface area contributed by atoms with Crippen molar-refractivity contribution in [2.75, 3.05) is 20.3 Å². The molecule has 0 atom stereocenters. The van der Waals surface area contributed by atoms with Gasteiger partial charge in [0.25, 0.3) is 0 Å². The highest BCUT2D eigenvalue weighted by atomic mass is 16.5. The molecule has 0 unspecified atom stereocenters. The topological polar surface area (TPSA) is 249 Å². The van der Waals surface area contributed by atoms with Crippen molar-refractivity contribution in [2.45, 2.75) is 32.6 Å². The maximum Gasteiger partial charge on any atom is 0.631 e. The molecule has 0 aliphatic carbocycles. The first-order valence-corrected chi connectivity index (χ1v) is 8.05. The van der Waals surface area contributed by atoms with Crippen molar-refractivity contribution in [3.05, 3.63) is 12.4 Å². The number of hydrogen-bond acceptors (Lipinski definition) is 14. The molecule has 0 saturated carbocycles. The van der Waals surface area contributed by atoms with Crippen molar-refractivity contribution in [2.24, 2.45) is 0 Å². The number of nitrogens with zero attached hydrogens (tertiary/aromatic N) is 2. The molecule has 0 aromatic rings. The fraction of sp³-hybridized carbons (Fsp3) is 0.800. The van der Waals surface area contributed by atoms with Gasteiger partial charge in [-0.05, 0) is 6.42 Å². The third-order valence-corrected chi connectivity index (χ3v) is 2.24. The molecule has 0 saturated heterocycles. The summed E-state index contributed by atoms with van der Waals surface area (Å²) < 4.78 is 0. The first kappa shape index (κ1) is 34.6. The first-order valence-electron chi connectivity index (χ1n) is 8.05. The van der Waals surface area contributed by atoms with Crippen molar-refractivity contribution in [3.8, 4) is 0 Å². The van der Waals surface area contributed by atoms with E-state index >= 15 is 0 Å². The average molecular weight is 416 g/mol. The minimum Gasteiger partial charge on any atom is -0.402 e. The molecule has 12 N–H and O–H groups in total. The van der Waals surface area contributed by atoms with Gasteiger partial charge in [-0.1, -0.05) is 26.2 Å². The van der Waals surface area contributed by atoms with Crippen LogP contribution < -0.4 is 0 Å². The Balaban J connectivity index is -0.000000150. The molecule has 0 bridgehead atoms. The summed E-state index contributed by atoms with van der Waals surface area (Å²) >= 11 is 0.